The molecule has 100 valence electrons. The van der Waals surface area contributed by atoms with E-state index < -0.39 is 6.10 Å². The summed E-state index contributed by atoms with van der Waals surface area (Å²) in [4.78, 5) is 24.8. The van der Waals surface area contributed by atoms with Crippen LogP contribution in [-0.2, 0) is 9.53 Å². The van der Waals surface area contributed by atoms with Crippen LogP contribution in [-0.4, -0.2) is 24.0 Å². The van der Waals surface area contributed by atoms with Gasteiger partial charge in [-0.3, -0.25) is 9.59 Å². The Morgan fingerprint density at radius 3 is 2.94 bits per heavy atom. The SMILES string of the molecule is CCCCNCC(OC(C)=O)c1cc[nH]c(=O)c1. The molecule has 0 aromatic carbocycles. The number of aromatic nitrogens is 1. The van der Waals surface area contributed by atoms with Gasteiger partial charge < -0.3 is 15.0 Å². The first kappa shape index (κ1) is 14.4. The molecule has 0 aliphatic heterocycles. The number of hydrogen-bond acceptors (Lipinski definition) is 4. The van der Waals surface area contributed by atoms with Crippen molar-refractivity contribution < 1.29 is 9.53 Å². The van der Waals surface area contributed by atoms with E-state index in [2.05, 4.69) is 17.2 Å². The molecular formula is C13H20N2O3. The molecule has 1 aromatic heterocycles. The van der Waals surface area contributed by atoms with Gasteiger partial charge in [-0.1, -0.05) is 13.3 Å². The van der Waals surface area contributed by atoms with E-state index in [1.807, 2.05) is 0 Å². The zero-order valence-electron chi connectivity index (χ0n) is 10.9. The number of H-pyrrole nitrogens is 1. The van der Waals surface area contributed by atoms with Crippen molar-refractivity contribution in [1.29, 1.82) is 0 Å². The fourth-order valence-electron chi connectivity index (χ4n) is 1.62. The Balaban J connectivity index is 2.65. The molecule has 1 rings (SSSR count). The normalized spacial score (nSPS) is 12.1. The molecule has 0 amide bonds. The topological polar surface area (TPSA) is 71.2 Å². The second-order valence-corrected chi connectivity index (χ2v) is 4.14. The Bertz CT molecular complexity index is 428. The molecule has 1 heterocycles. The third kappa shape index (κ3) is 5.14. The van der Waals surface area contributed by atoms with Crippen molar-refractivity contribution in [2.75, 3.05) is 13.1 Å². The highest BCUT2D eigenvalue weighted by Crippen LogP contribution is 2.14. The fraction of sp³-hybridized carbons (Fsp3) is 0.538. The molecule has 0 spiro atoms. The largest absolute Gasteiger partial charge is 0.456 e. The highest BCUT2D eigenvalue weighted by molar-refractivity contribution is 5.66. The summed E-state index contributed by atoms with van der Waals surface area (Å²) in [6.45, 7) is 4.87. The number of aromatic amines is 1. The summed E-state index contributed by atoms with van der Waals surface area (Å²) in [5.41, 5.74) is 0.510. The van der Waals surface area contributed by atoms with Crippen LogP contribution in [0.1, 0.15) is 38.4 Å². The van der Waals surface area contributed by atoms with Crippen LogP contribution in [0.5, 0.6) is 0 Å². The summed E-state index contributed by atoms with van der Waals surface area (Å²) in [7, 11) is 0. The number of ether oxygens (including phenoxy) is 1. The molecule has 18 heavy (non-hydrogen) atoms. The van der Waals surface area contributed by atoms with E-state index in [-0.39, 0.29) is 11.5 Å². The van der Waals surface area contributed by atoms with Gasteiger partial charge in [0.25, 0.3) is 0 Å². The third-order valence-electron chi connectivity index (χ3n) is 2.52. The molecule has 0 aliphatic carbocycles. The summed E-state index contributed by atoms with van der Waals surface area (Å²) in [5, 5.41) is 3.22. The molecule has 0 saturated heterocycles. The van der Waals surface area contributed by atoms with Gasteiger partial charge in [0.15, 0.2) is 0 Å². The first-order valence-corrected chi connectivity index (χ1v) is 6.20. The van der Waals surface area contributed by atoms with Crippen LogP contribution in [0.25, 0.3) is 0 Å². The van der Waals surface area contributed by atoms with Gasteiger partial charge in [0.2, 0.25) is 5.56 Å². The van der Waals surface area contributed by atoms with Gasteiger partial charge in [0.05, 0.1) is 0 Å². The smallest absolute Gasteiger partial charge is 0.303 e. The van der Waals surface area contributed by atoms with E-state index in [0.29, 0.717) is 12.1 Å². The molecule has 5 heteroatoms. The summed E-state index contributed by atoms with van der Waals surface area (Å²) in [5.74, 6) is -0.349. The van der Waals surface area contributed by atoms with Crippen LogP contribution >= 0.6 is 0 Å². The minimum absolute atomic E-state index is 0.196. The Labute approximate surface area is 107 Å². The summed E-state index contributed by atoms with van der Waals surface area (Å²) in [6, 6.07) is 3.20. The molecule has 0 radical (unpaired) electrons. The molecule has 1 unspecified atom stereocenters. The Kier molecular flexibility index (Phi) is 6.14. The number of hydrogen-bond donors (Lipinski definition) is 2. The zero-order chi connectivity index (χ0) is 13.4. The molecule has 5 nitrogen and oxygen atoms in total. The van der Waals surface area contributed by atoms with Crippen LogP contribution in [0.15, 0.2) is 23.1 Å². The number of unbranched alkanes of at least 4 members (excludes halogenated alkanes) is 1. The van der Waals surface area contributed by atoms with Gasteiger partial charge in [0, 0.05) is 31.3 Å². The zero-order valence-corrected chi connectivity index (χ0v) is 10.9. The van der Waals surface area contributed by atoms with Crippen molar-refractivity contribution in [3.63, 3.8) is 0 Å². The summed E-state index contributed by atoms with van der Waals surface area (Å²) < 4.78 is 5.22. The van der Waals surface area contributed by atoms with Crippen LogP contribution in [0.2, 0.25) is 0 Å². The average Bonchev–Trinajstić information content (AvgIpc) is 2.32. The number of rotatable bonds is 7. The maximum absolute atomic E-state index is 11.2. The average molecular weight is 252 g/mol. The molecule has 1 atom stereocenters. The van der Waals surface area contributed by atoms with E-state index in [0.717, 1.165) is 19.4 Å². The first-order chi connectivity index (χ1) is 8.63. The van der Waals surface area contributed by atoms with Crippen LogP contribution < -0.4 is 10.9 Å². The molecule has 2 N–H and O–H groups in total. The predicted octanol–water partition coefficient (Wildman–Crippen LogP) is 1.37. The third-order valence-corrected chi connectivity index (χ3v) is 2.52. The van der Waals surface area contributed by atoms with Crippen molar-refractivity contribution in [2.24, 2.45) is 0 Å². The van der Waals surface area contributed by atoms with Crippen LogP contribution in [0.4, 0.5) is 0 Å². The van der Waals surface area contributed by atoms with Crippen molar-refractivity contribution in [3.05, 3.63) is 34.2 Å². The van der Waals surface area contributed by atoms with Gasteiger partial charge in [-0.2, -0.15) is 0 Å². The lowest BCUT2D eigenvalue weighted by Crippen LogP contribution is -2.26. The number of nitrogens with one attached hydrogen (secondary N) is 2. The van der Waals surface area contributed by atoms with Crippen molar-refractivity contribution >= 4 is 5.97 Å². The lowest BCUT2D eigenvalue weighted by atomic mass is 10.1. The van der Waals surface area contributed by atoms with Crippen LogP contribution in [0, 0.1) is 0 Å². The number of esters is 1. The molecule has 0 fully saturated rings. The minimum Gasteiger partial charge on any atom is -0.456 e. The van der Waals surface area contributed by atoms with E-state index in [1.54, 1.807) is 12.3 Å². The summed E-state index contributed by atoms with van der Waals surface area (Å²) in [6.07, 6.45) is 3.32. The Hall–Kier alpha value is -1.62. The number of carbonyl (C=O) groups is 1. The van der Waals surface area contributed by atoms with Crippen molar-refractivity contribution in [1.82, 2.24) is 10.3 Å². The van der Waals surface area contributed by atoms with E-state index in [1.165, 1.54) is 13.0 Å². The quantitative estimate of drug-likeness (QED) is 0.568. The lowest BCUT2D eigenvalue weighted by Gasteiger charge is -2.17. The van der Waals surface area contributed by atoms with Gasteiger partial charge in [-0.25, -0.2) is 0 Å². The standard InChI is InChI=1S/C13H20N2O3/c1-3-4-6-14-9-12(18-10(2)16)11-5-7-15-13(17)8-11/h5,7-8,12,14H,3-4,6,9H2,1-2H3,(H,15,17). The number of carbonyl (C=O) groups excluding carboxylic acids is 1. The maximum atomic E-state index is 11.2. The van der Waals surface area contributed by atoms with E-state index >= 15 is 0 Å². The lowest BCUT2D eigenvalue weighted by molar-refractivity contribution is -0.146. The fourth-order valence-corrected chi connectivity index (χ4v) is 1.62. The van der Waals surface area contributed by atoms with E-state index in [9.17, 15) is 9.59 Å². The first-order valence-electron chi connectivity index (χ1n) is 6.20. The van der Waals surface area contributed by atoms with Gasteiger partial charge in [-0.15, -0.1) is 0 Å². The van der Waals surface area contributed by atoms with Gasteiger partial charge in [0.1, 0.15) is 6.10 Å². The highest BCUT2D eigenvalue weighted by atomic mass is 16.5. The second-order valence-electron chi connectivity index (χ2n) is 4.14. The molecular weight excluding hydrogens is 232 g/mol. The van der Waals surface area contributed by atoms with Gasteiger partial charge in [-0.05, 0) is 19.0 Å². The predicted molar refractivity (Wildman–Crippen MR) is 69.3 cm³/mol. The van der Waals surface area contributed by atoms with Gasteiger partial charge >= 0.3 is 5.97 Å². The van der Waals surface area contributed by atoms with Crippen molar-refractivity contribution in [3.8, 4) is 0 Å². The Morgan fingerprint density at radius 1 is 1.56 bits per heavy atom. The maximum Gasteiger partial charge on any atom is 0.303 e. The minimum atomic E-state index is -0.415. The van der Waals surface area contributed by atoms with Crippen LogP contribution in [0.3, 0.4) is 0 Å². The van der Waals surface area contributed by atoms with Crippen molar-refractivity contribution in [2.45, 2.75) is 32.8 Å². The van der Waals surface area contributed by atoms with E-state index in [4.69, 9.17) is 4.74 Å². The highest BCUT2D eigenvalue weighted by Gasteiger charge is 2.14. The monoisotopic (exact) mass is 252 g/mol. The molecule has 0 saturated carbocycles. The molecule has 0 bridgehead atoms. The second kappa shape index (κ2) is 7.66. The molecule has 1 aromatic rings. The summed E-state index contributed by atoms with van der Waals surface area (Å²) >= 11 is 0. The number of pyridine rings is 1. The Morgan fingerprint density at radius 2 is 2.33 bits per heavy atom. The molecule has 0 aliphatic rings.